The highest BCUT2D eigenvalue weighted by molar-refractivity contribution is 9.10. The van der Waals surface area contributed by atoms with Crippen molar-refractivity contribution in [1.82, 2.24) is 0 Å². The minimum atomic E-state index is 0.299. The molecule has 0 aliphatic rings. The maximum absolute atomic E-state index is 8.73. The van der Waals surface area contributed by atoms with Gasteiger partial charge in [-0.2, -0.15) is 5.26 Å². The molecule has 0 radical (unpaired) electrons. The van der Waals surface area contributed by atoms with Crippen LogP contribution in [0.1, 0.15) is 12.5 Å². The lowest BCUT2D eigenvalue weighted by atomic mass is 10.1. The van der Waals surface area contributed by atoms with Crippen LogP contribution >= 0.6 is 15.9 Å². The van der Waals surface area contributed by atoms with Crippen LogP contribution in [0.25, 0.3) is 0 Å². The van der Waals surface area contributed by atoms with Gasteiger partial charge in [-0.3, -0.25) is 0 Å². The standard InChI is InChI=1S/C11H12BrNO2/c1-3-15-11-8(6-7-13)9(12)4-5-10(11)14-2/h4-5H,3,6H2,1-2H3. The van der Waals surface area contributed by atoms with Crippen molar-refractivity contribution >= 4 is 15.9 Å². The van der Waals surface area contributed by atoms with Gasteiger partial charge in [-0.1, -0.05) is 15.9 Å². The van der Waals surface area contributed by atoms with Gasteiger partial charge in [-0.05, 0) is 19.1 Å². The van der Waals surface area contributed by atoms with E-state index >= 15 is 0 Å². The van der Waals surface area contributed by atoms with Crippen LogP contribution in [0.4, 0.5) is 0 Å². The van der Waals surface area contributed by atoms with Crippen LogP contribution in [-0.4, -0.2) is 13.7 Å². The van der Waals surface area contributed by atoms with Crippen molar-refractivity contribution in [3.05, 3.63) is 22.2 Å². The fraction of sp³-hybridized carbons (Fsp3) is 0.364. The Morgan fingerprint density at radius 3 is 2.73 bits per heavy atom. The van der Waals surface area contributed by atoms with Gasteiger partial charge >= 0.3 is 0 Å². The molecule has 0 atom stereocenters. The van der Waals surface area contributed by atoms with Gasteiger partial charge in [0.05, 0.1) is 26.2 Å². The number of nitriles is 1. The molecule has 15 heavy (non-hydrogen) atoms. The van der Waals surface area contributed by atoms with Gasteiger partial charge < -0.3 is 9.47 Å². The van der Waals surface area contributed by atoms with E-state index in [1.165, 1.54) is 0 Å². The topological polar surface area (TPSA) is 42.2 Å². The summed E-state index contributed by atoms with van der Waals surface area (Å²) in [5, 5.41) is 8.73. The third-order valence-electron chi connectivity index (χ3n) is 1.93. The van der Waals surface area contributed by atoms with E-state index in [9.17, 15) is 0 Å². The van der Waals surface area contributed by atoms with Gasteiger partial charge in [0, 0.05) is 10.0 Å². The number of nitrogens with zero attached hydrogens (tertiary/aromatic N) is 1. The zero-order valence-electron chi connectivity index (χ0n) is 8.71. The summed E-state index contributed by atoms with van der Waals surface area (Å²) in [5.74, 6) is 1.31. The van der Waals surface area contributed by atoms with Gasteiger partial charge in [0.15, 0.2) is 11.5 Å². The minimum Gasteiger partial charge on any atom is -0.493 e. The molecule has 0 aliphatic carbocycles. The Balaban J connectivity index is 3.24. The van der Waals surface area contributed by atoms with Crippen LogP contribution in [0.3, 0.4) is 0 Å². The normalized spacial score (nSPS) is 9.47. The second-order valence-electron chi connectivity index (χ2n) is 2.83. The van der Waals surface area contributed by atoms with Crippen LogP contribution in [0, 0.1) is 11.3 Å². The van der Waals surface area contributed by atoms with Crippen molar-refractivity contribution < 1.29 is 9.47 Å². The molecule has 0 spiro atoms. The van der Waals surface area contributed by atoms with E-state index in [0.717, 1.165) is 10.0 Å². The second kappa shape index (κ2) is 5.62. The second-order valence-corrected chi connectivity index (χ2v) is 3.68. The highest BCUT2D eigenvalue weighted by atomic mass is 79.9. The molecule has 0 saturated heterocycles. The summed E-state index contributed by atoms with van der Waals surface area (Å²) in [6, 6.07) is 5.78. The van der Waals surface area contributed by atoms with Gasteiger partial charge in [-0.25, -0.2) is 0 Å². The van der Waals surface area contributed by atoms with Crippen molar-refractivity contribution in [3.63, 3.8) is 0 Å². The number of ether oxygens (including phenoxy) is 2. The van der Waals surface area contributed by atoms with E-state index < -0.39 is 0 Å². The predicted molar refractivity (Wildman–Crippen MR) is 61.2 cm³/mol. The van der Waals surface area contributed by atoms with Crippen molar-refractivity contribution in [2.24, 2.45) is 0 Å². The van der Waals surface area contributed by atoms with Gasteiger partial charge in [0.25, 0.3) is 0 Å². The Morgan fingerprint density at radius 2 is 2.20 bits per heavy atom. The third-order valence-corrected chi connectivity index (χ3v) is 2.67. The largest absolute Gasteiger partial charge is 0.493 e. The molecule has 0 heterocycles. The molecule has 0 amide bonds. The number of rotatable bonds is 4. The molecule has 1 aromatic rings. The predicted octanol–water partition coefficient (Wildman–Crippen LogP) is 2.92. The molecule has 4 heteroatoms. The number of halogens is 1. The summed E-state index contributed by atoms with van der Waals surface area (Å²) < 4.78 is 11.5. The Labute approximate surface area is 97.7 Å². The first-order valence-electron chi connectivity index (χ1n) is 4.59. The smallest absolute Gasteiger partial charge is 0.166 e. The Morgan fingerprint density at radius 1 is 1.47 bits per heavy atom. The molecule has 80 valence electrons. The fourth-order valence-corrected chi connectivity index (χ4v) is 1.74. The van der Waals surface area contributed by atoms with E-state index in [1.54, 1.807) is 7.11 Å². The van der Waals surface area contributed by atoms with Crippen LogP contribution in [-0.2, 0) is 6.42 Å². The van der Waals surface area contributed by atoms with E-state index in [1.807, 2.05) is 19.1 Å². The number of benzene rings is 1. The molecule has 0 N–H and O–H groups in total. The average Bonchev–Trinajstić information content (AvgIpc) is 2.24. The van der Waals surface area contributed by atoms with Crippen molar-refractivity contribution in [3.8, 4) is 17.6 Å². The molecular formula is C11H12BrNO2. The maximum Gasteiger partial charge on any atom is 0.166 e. The lowest BCUT2D eigenvalue weighted by Crippen LogP contribution is -2.00. The Bertz CT molecular complexity index is 385. The summed E-state index contributed by atoms with van der Waals surface area (Å²) in [6.07, 6.45) is 0.299. The van der Waals surface area contributed by atoms with Crippen LogP contribution in [0.15, 0.2) is 16.6 Å². The summed E-state index contributed by atoms with van der Waals surface area (Å²) in [6.45, 7) is 2.45. The van der Waals surface area contributed by atoms with E-state index in [-0.39, 0.29) is 0 Å². The first kappa shape index (κ1) is 11.9. The van der Waals surface area contributed by atoms with Crippen molar-refractivity contribution in [2.75, 3.05) is 13.7 Å². The lowest BCUT2D eigenvalue weighted by molar-refractivity contribution is 0.308. The molecule has 0 unspecified atom stereocenters. The zero-order chi connectivity index (χ0) is 11.3. The third kappa shape index (κ3) is 2.63. The van der Waals surface area contributed by atoms with Crippen LogP contribution < -0.4 is 9.47 Å². The van der Waals surface area contributed by atoms with Crippen LogP contribution in [0.5, 0.6) is 11.5 Å². The zero-order valence-corrected chi connectivity index (χ0v) is 10.3. The highest BCUT2D eigenvalue weighted by Crippen LogP contribution is 2.36. The summed E-state index contributed by atoms with van der Waals surface area (Å²) >= 11 is 3.39. The fourth-order valence-electron chi connectivity index (χ4n) is 1.29. The molecule has 0 bridgehead atoms. The molecule has 0 fully saturated rings. The summed E-state index contributed by atoms with van der Waals surface area (Å²) in [5.41, 5.74) is 0.832. The monoisotopic (exact) mass is 269 g/mol. The SMILES string of the molecule is CCOc1c(OC)ccc(Br)c1CC#N. The van der Waals surface area contributed by atoms with Crippen molar-refractivity contribution in [2.45, 2.75) is 13.3 Å². The Hall–Kier alpha value is -1.21. The van der Waals surface area contributed by atoms with E-state index in [0.29, 0.717) is 24.5 Å². The van der Waals surface area contributed by atoms with Crippen LogP contribution in [0.2, 0.25) is 0 Å². The maximum atomic E-state index is 8.73. The quantitative estimate of drug-likeness (QED) is 0.844. The number of hydrogen-bond donors (Lipinski definition) is 0. The highest BCUT2D eigenvalue weighted by Gasteiger charge is 2.13. The molecule has 1 aromatic carbocycles. The molecular weight excluding hydrogens is 258 g/mol. The number of methoxy groups -OCH3 is 1. The molecule has 0 saturated carbocycles. The van der Waals surface area contributed by atoms with Gasteiger partial charge in [-0.15, -0.1) is 0 Å². The Kier molecular flexibility index (Phi) is 4.44. The van der Waals surface area contributed by atoms with Gasteiger partial charge in [0.2, 0.25) is 0 Å². The molecule has 0 aromatic heterocycles. The summed E-state index contributed by atoms with van der Waals surface area (Å²) in [4.78, 5) is 0. The molecule has 1 rings (SSSR count). The molecule has 3 nitrogen and oxygen atoms in total. The average molecular weight is 270 g/mol. The molecule has 0 aliphatic heterocycles. The van der Waals surface area contributed by atoms with E-state index in [4.69, 9.17) is 14.7 Å². The first-order chi connectivity index (χ1) is 7.24. The summed E-state index contributed by atoms with van der Waals surface area (Å²) in [7, 11) is 1.59. The number of hydrogen-bond acceptors (Lipinski definition) is 3. The van der Waals surface area contributed by atoms with Gasteiger partial charge in [0.1, 0.15) is 0 Å². The van der Waals surface area contributed by atoms with Crippen molar-refractivity contribution in [1.29, 1.82) is 5.26 Å². The first-order valence-corrected chi connectivity index (χ1v) is 5.39. The lowest BCUT2D eigenvalue weighted by Gasteiger charge is -2.13. The minimum absolute atomic E-state index is 0.299. The van der Waals surface area contributed by atoms with E-state index in [2.05, 4.69) is 22.0 Å².